The molecule has 1 aliphatic heterocycles. The summed E-state index contributed by atoms with van der Waals surface area (Å²) in [5, 5.41) is 0. The average molecular weight is 312 g/mol. The van der Waals surface area contributed by atoms with Crippen molar-refractivity contribution < 1.29 is 9.53 Å². The molecule has 1 atom stereocenters. The van der Waals surface area contributed by atoms with Crippen molar-refractivity contribution >= 4 is 21.8 Å². The highest BCUT2D eigenvalue weighted by Crippen LogP contribution is 2.30. The molecule has 1 fully saturated rings. The Morgan fingerprint density at radius 1 is 1.44 bits per heavy atom. The molecule has 18 heavy (non-hydrogen) atoms. The molecule has 1 heterocycles. The minimum atomic E-state index is 0.0907. The first-order chi connectivity index (χ1) is 8.65. The Morgan fingerprint density at radius 2 is 2.22 bits per heavy atom. The van der Waals surface area contributed by atoms with Crippen LogP contribution in [0, 0.1) is 0 Å². The molecule has 2 rings (SSSR count). The average Bonchev–Trinajstić information content (AvgIpc) is 2.39. The molecule has 0 aromatic heterocycles. The van der Waals surface area contributed by atoms with Gasteiger partial charge in [-0.25, -0.2) is 0 Å². The summed E-state index contributed by atoms with van der Waals surface area (Å²) in [5.41, 5.74) is 0.683. The number of halogens is 1. The Hall–Kier alpha value is -1.03. The molecular formula is C14H18BrNO2. The molecule has 0 radical (unpaired) electrons. The normalized spacial score (nSPS) is 19.7. The molecule has 4 heteroatoms. The van der Waals surface area contributed by atoms with Crippen molar-refractivity contribution in [1.29, 1.82) is 0 Å². The van der Waals surface area contributed by atoms with E-state index in [9.17, 15) is 4.79 Å². The van der Waals surface area contributed by atoms with Crippen LogP contribution < -0.4 is 4.74 Å². The van der Waals surface area contributed by atoms with E-state index >= 15 is 0 Å². The second-order valence-electron chi connectivity index (χ2n) is 4.67. The van der Waals surface area contributed by atoms with Gasteiger partial charge < -0.3 is 9.64 Å². The van der Waals surface area contributed by atoms with E-state index < -0.39 is 0 Å². The van der Waals surface area contributed by atoms with Crippen LogP contribution in [-0.2, 0) is 0 Å². The Kier molecular flexibility index (Phi) is 4.27. The van der Waals surface area contributed by atoms with Crippen molar-refractivity contribution in [3.05, 3.63) is 28.2 Å². The van der Waals surface area contributed by atoms with E-state index in [0.29, 0.717) is 17.4 Å². The van der Waals surface area contributed by atoms with Crippen molar-refractivity contribution in [2.75, 3.05) is 13.7 Å². The van der Waals surface area contributed by atoms with Gasteiger partial charge >= 0.3 is 0 Å². The van der Waals surface area contributed by atoms with Gasteiger partial charge in [0.25, 0.3) is 5.91 Å². The van der Waals surface area contributed by atoms with Gasteiger partial charge in [0.1, 0.15) is 5.75 Å². The van der Waals surface area contributed by atoms with E-state index in [4.69, 9.17) is 4.74 Å². The van der Waals surface area contributed by atoms with Crippen molar-refractivity contribution in [3.63, 3.8) is 0 Å². The van der Waals surface area contributed by atoms with Crippen LogP contribution in [-0.4, -0.2) is 30.5 Å². The van der Waals surface area contributed by atoms with Gasteiger partial charge in [0, 0.05) is 12.6 Å². The lowest BCUT2D eigenvalue weighted by Gasteiger charge is -2.33. The van der Waals surface area contributed by atoms with Gasteiger partial charge in [-0.05, 0) is 54.2 Å². The Balaban J connectivity index is 2.28. The highest BCUT2D eigenvalue weighted by atomic mass is 79.9. The van der Waals surface area contributed by atoms with Crippen LogP contribution >= 0.6 is 15.9 Å². The van der Waals surface area contributed by atoms with E-state index in [2.05, 4.69) is 22.9 Å². The van der Waals surface area contributed by atoms with Crippen LogP contribution in [0.15, 0.2) is 22.7 Å². The maximum absolute atomic E-state index is 12.5. The largest absolute Gasteiger partial charge is 0.496 e. The van der Waals surface area contributed by atoms with Crippen molar-refractivity contribution in [1.82, 2.24) is 4.90 Å². The zero-order valence-corrected chi connectivity index (χ0v) is 12.4. The van der Waals surface area contributed by atoms with Gasteiger partial charge in [0.2, 0.25) is 0 Å². The lowest BCUT2D eigenvalue weighted by molar-refractivity contribution is 0.0634. The lowest BCUT2D eigenvalue weighted by Crippen LogP contribution is -2.42. The molecule has 0 spiro atoms. The maximum atomic E-state index is 12.5. The zero-order valence-electron chi connectivity index (χ0n) is 10.8. The number of carbonyl (C=O) groups excluding carboxylic acids is 1. The number of methoxy groups -OCH3 is 1. The maximum Gasteiger partial charge on any atom is 0.255 e. The number of piperidine rings is 1. The third-order valence-electron chi connectivity index (χ3n) is 3.48. The summed E-state index contributed by atoms with van der Waals surface area (Å²) in [4.78, 5) is 14.5. The van der Waals surface area contributed by atoms with Gasteiger partial charge in [-0.15, -0.1) is 0 Å². The topological polar surface area (TPSA) is 29.5 Å². The van der Waals surface area contributed by atoms with Crippen LogP contribution in [0.5, 0.6) is 5.75 Å². The fourth-order valence-corrected chi connectivity index (χ4v) is 2.98. The highest BCUT2D eigenvalue weighted by Gasteiger charge is 2.26. The van der Waals surface area contributed by atoms with Gasteiger partial charge in [0.05, 0.1) is 17.1 Å². The first-order valence-electron chi connectivity index (χ1n) is 6.28. The minimum Gasteiger partial charge on any atom is -0.496 e. The van der Waals surface area contributed by atoms with Crippen molar-refractivity contribution in [2.45, 2.75) is 32.2 Å². The molecule has 0 saturated carbocycles. The Labute approximate surface area is 116 Å². The van der Waals surface area contributed by atoms with Gasteiger partial charge in [0.15, 0.2) is 0 Å². The summed E-state index contributed by atoms with van der Waals surface area (Å²) in [6.07, 6.45) is 3.40. The van der Waals surface area contributed by atoms with Gasteiger partial charge in [-0.2, -0.15) is 0 Å². The fraction of sp³-hybridized carbons (Fsp3) is 0.500. The van der Waals surface area contributed by atoms with Crippen molar-refractivity contribution in [3.8, 4) is 5.75 Å². The number of likely N-dealkylation sites (tertiary alicyclic amines) is 1. The summed E-state index contributed by atoms with van der Waals surface area (Å²) in [6, 6.07) is 5.87. The number of nitrogens with zero attached hydrogens (tertiary/aromatic N) is 1. The molecule has 1 amide bonds. The number of hydrogen-bond acceptors (Lipinski definition) is 2. The van der Waals surface area contributed by atoms with E-state index in [0.717, 1.165) is 23.9 Å². The molecule has 3 nitrogen and oxygen atoms in total. The van der Waals surface area contributed by atoms with Crippen LogP contribution in [0.1, 0.15) is 36.5 Å². The quantitative estimate of drug-likeness (QED) is 0.837. The van der Waals surface area contributed by atoms with Crippen molar-refractivity contribution in [2.24, 2.45) is 0 Å². The molecule has 1 aromatic rings. The van der Waals surface area contributed by atoms with E-state index in [1.807, 2.05) is 23.1 Å². The van der Waals surface area contributed by atoms with E-state index in [1.54, 1.807) is 7.11 Å². The summed E-state index contributed by atoms with van der Waals surface area (Å²) >= 11 is 3.46. The number of carbonyl (C=O) groups is 1. The SMILES string of the molecule is COc1cccc(C(=O)N2CCCCC2C)c1Br. The third kappa shape index (κ3) is 2.53. The predicted octanol–water partition coefficient (Wildman–Crippen LogP) is 3.47. The fourth-order valence-electron chi connectivity index (χ4n) is 2.39. The minimum absolute atomic E-state index is 0.0907. The summed E-state index contributed by atoms with van der Waals surface area (Å²) in [5.74, 6) is 0.790. The number of amides is 1. The van der Waals surface area contributed by atoms with Gasteiger partial charge in [-0.1, -0.05) is 6.07 Å². The standard InChI is InChI=1S/C14H18BrNO2/c1-10-6-3-4-9-16(10)14(17)11-7-5-8-12(18-2)13(11)15/h5,7-8,10H,3-4,6,9H2,1-2H3. The first kappa shape index (κ1) is 13.4. The molecule has 98 valence electrons. The molecule has 1 saturated heterocycles. The molecule has 1 aromatic carbocycles. The first-order valence-corrected chi connectivity index (χ1v) is 7.08. The molecule has 1 unspecified atom stereocenters. The molecule has 0 N–H and O–H groups in total. The van der Waals surface area contributed by atoms with Gasteiger partial charge in [-0.3, -0.25) is 4.79 Å². The molecule has 1 aliphatic rings. The van der Waals surface area contributed by atoms with E-state index in [-0.39, 0.29) is 5.91 Å². The lowest BCUT2D eigenvalue weighted by atomic mass is 10.0. The summed E-state index contributed by atoms with van der Waals surface area (Å²) in [7, 11) is 1.61. The summed E-state index contributed by atoms with van der Waals surface area (Å²) in [6.45, 7) is 2.97. The molecule has 0 bridgehead atoms. The van der Waals surface area contributed by atoms with Crippen LogP contribution in [0.4, 0.5) is 0 Å². The smallest absolute Gasteiger partial charge is 0.255 e. The number of rotatable bonds is 2. The van der Waals surface area contributed by atoms with E-state index in [1.165, 1.54) is 6.42 Å². The second-order valence-corrected chi connectivity index (χ2v) is 5.46. The predicted molar refractivity (Wildman–Crippen MR) is 75.0 cm³/mol. The van der Waals surface area contributed by atoms with Crippen LogP contribution in [0.3, 0.4) is 0 Å². The van der Waals surface area contributed by atoms with Crippen LogP contribution in [0.2, 0.25) is 0 Å². The molecular weight excluding hydrogens is 294 g/mol. The number of benzene rings is 1. The third-order valence-corrected chi connectivity index (χ3v) is 4.30. The number of ether oxygens (including phenoxy) is 1. The monoisotopic (exact) mass is 311 g/mol. The Bertz CT molecular complexity index is 447. The van der Waals surface area contributed by atoms with Crippen LogP contribution in [0.25, 0.3) is 0 Å². The Morgan fingerprint density at radius 3 is 2.89 bits per heavy atom. The second kappa shape index (κ2) is 5.74. The number of hydrogen-bond donors (Lipinski definition) is 0. The molecule has 0 aliphatic carbocycles. The highest BCUT2D eigenvalue weighted by molar-refractivity contribution is 9.10. The zero-order chi connectivity index (χ0) is 13.1. The summed E-state index contributed by atoms with van der Waals surface area (Å²) < 4.78 is 5.98.